The zero-order chi connectivity index (χ0) is 27.1. The van der Waals surface area contributed by atoms with E-state index in [1.807, 2.05) is 48.5 Å². The van der Waals surface area contributed by atoms with E-state index in [0.717, 1.165) is 5.82 Å². The predicted octanol–water partition coefficient (Wildman–Crippen LogP) is 3.35. The number of halogens is 3. The number of nitrogens with one attached hydrogen (secondary N) is 2. The number of alkyl halides is 3. The van der Waals surface area contributed by atoms with E-state index in [-0.39, 0.29) is 18.1 Å². The van der Waals surface area contributed by atoms with Crippen LogP contribution in [0, 0.1) is 0 Å². The third kappa shape index (κ3) is 6.58. The molecule has 0 aliphatic carbocycles. The lowest BCUT2D eigenvalue weighted by molar-refractivity contribution is -0.174. The lowest BCUT2D eigenvalue weighted by atomic mass is 10.1. The monoisotopic (exact) mass is 526 g/mol. The number of pyridine rings is 1. The van der Waals surface area contributed by atoms with Crippen LogP contribution in [0.5, 0.6) is 0 Å². The summed E-state index contributed by atoms with van der Waals surface area (Å²) in [4.78, 5) is 46.5. The first-order valence-electron chi connectivity index (χ1n) is 11.8. The van der Waals surface area contributed by atoms with Gasteiger partial charge in [-0.25, -0.2) is 9.78 Å². The fourth-order valence-electron chi connectivity index (χ4n) is 3.92. The van der Waals surface area contributed by atoms with Crippen molar-refractivity contribution >= 4 is 29.4 Å². The fraction of sp³-hybridized carbons (Fsp3) is 0.231. The van der Waals surface area contributed by atoms with Gasteiger partial charge < -0.3 is 9.80 Å². The summed E-state index contributed by atoms with van der Waals surface area (Å²) in [7, 11) is 0. The molecule has 0 unspecified atom stereocenters. The number of hydrazine groups is 1. The van der Waals surface area contributed by atoms with Crippen molar-refractivity contribution in [3.63, 3.8) is 0 Å². The molecule has 9 nitrogen and oxygen atoms in total. The van der Waals surface area contributed by atoms with Crippen molar-refractivity contribution in [1.29, 1.82) is 0 Å². The normalized spacial score (nSPS) is 13.6. The molecule has 4 amide bonds. The second-order valence-electron chi connectivity index (χ2n) is 8.47. The van der Waals surface area contributed by atoms with Crippen LogP contribution < -0.4 is 20.7 Å². The predicted molar refractivity (Wildman–Crippen MR) is 134 cm³/mol. The molecule has 2 aromatic carbocycles. The number of piperazine rings is 1. The lowest BCUT2D eigenvalue weighted by Gasteiger charge is -2.38. The quantitative estimate of drug-likeness (QED) is 0.497. The maximum Gasteiger partial charge on any atom is 0.472 e. The summed E-state index contributed by atoms with van der Waals surface area (Å²) in [5.41, 5.74) is 4.49. The fourth-order valence-corrected chi connectivity index (χ4v) is 3.92. The van der Waals surface area contributed by atoms with Crippen molar-refractivity contribution in [3.8, 4) is 0 Å². The van der Waals surface area contributed by atoms with Gasteiger partial charge in [0.05, 0.1) is 6.54 Å². The molecule has 2 heterocycles. The minimum atomic E-state index is -5.12. The Balaban J connectivity index is 1.42. The number of carbonyl (C=O) groups excluding carboxylic acids is 3. The summed E-state index contributed by atoms with van der Waals surface area (Å²) in [6, 6.07) is 20.7. The van der Waals surface area contributed by atoms with Crippen LogP contribution in [0.1, 0.15) is 15.9 Å². The second kappa shape index (κ2) is 11.6. The largest absolute Gasteiger partial charge is 0.472 e. The van der Waals surface area contributed by atoms with Gasteiger partial charge in [-0.05, 0) is 42.0 Å². The smallest absolute Gasteiger partial charge is 0.353 e. The first-order chi connectivity index (χ1) is 18.2. The minimum absolute atomic E-state index is 0.0412. The number of nitrogens with zero attached hydrogens (tertiary/aromatic N) is 4. The molecule has 0 radical (unpaired) electrons. The number of benzene rings is 2. The van der Waals surface area contributed by atoms with Crippen LogP contribution in [0.2, 0.25) is 0 Å². The molecule has 38 heavy (non-hydrogen) atoms. The van der Waals surface area contributed by atoms with E-state index in [2.05, 4.69) is 9.88 Å². The molecule has 0 saturated carbocycles. The van der Waals surface area contributed by atoms with Gasteiger partial charge in [0.1, 0.15) is 5.82 Å². The molecule has 2 N–H and O–H groups in total. The van der Waals surface area contributed by atoms with E-state index < -0.39 is 18.0 Å². The first-order valence-corrected chi connectivity index (χ1v) is 11.8. The van der Waals surface area contributed by atoms with Crippen molar-refractivity contribution in [2.24, 2.45) is 0 Å². The number of anilines is 2. The Hall–Kier alpha value is -4.61. The Morgan fingerprint density at radius 1 is 0.842 bits per heavy atom. The maximum absolute atomic E-state index is 13.6. The summed E-state index contributed by atoms with van der Waals surface area (Å²) in [6.07, 6.45) is -3.38. The molecule has 1 aliphatic heterocycles. The highest BCUT2D eigenvalue weighted by Gasteiger charge is 2.39. The molecule has 0 bridgehead atoms. The van der Waals surface area contributed by atoms with Gasteiger partial charge in [0.25, 0.3) is 5.91 Å². The van der Waals surface area contributed by atoms with E-state index in [1.54, 1.807) is 33.6 Å². The molecule has 198 valence electrons. The summed E-state index contributed by atoms with van der Waals surface area (Å²) < 4.78 is 36.9. The molecular formula is C26H25F3N6O3. The summed E-state index contributed by atoms with van der Waals surface area (Å²) in [6.45, 7) is 2.51. The van der Waals surface area contributed by atoms with Crippen LogP contribution in [0.25, 0.3) is 0 Å². The first kappa shape index (κ1) is 26.5. The van der Waals surface area contributed by atoms with E-state index >= 15 is 0 Å². The zero-order valence-corrected chi connectivity index (χ0v) is 20.2. The van der Waals surface area contributed by atoms with Crippen LogP contribution in [0.4, 0.5) is 29.5 Å². The van der Waals surface area contributed by atoms with Crippen LogP contribution in [-0.2, 0) is 11.3 Å². The number of carbonyl (C=O) groups is 3. The highest BCUT2D eigenvalue weighted by Crippen LogP contribution is 2.21. The summed E-state index contributed by atoms with van der Waals surface area (Å²) in [5.74, 6) is -2.32. The average Bonchev–Trinajstić information content (AvgIpc) is 2.95. The molecule has 3 aromatic rings. The highest BCUT2D eigenvalue weighted by atomic mass is 19.4. The Morgan fingerprint density at radius 3 is 2.11 bits per heavy atom. The SMILES string of the molecule is O=C(NNC(=O)C(F)(F)F)c1ccc(CN(C(=O)N2CCN(c3ccccn3)CC2)c2ccccc2)cc1. The molecule has 0 spiro atoms. The number of hydrogen-bond donors (Lipinski definition) is 2. The van der Waals surface area contributed by atoms with Gasteiger partial charge in [0.15, 0.2) is 0 Å². The van der Waals surface area contributed by atoms with E-state index in [9.17, 15) is 27.6 Å². The van der Waals surface area contributed by atoms with Gasteiger partial charge >= 0.3 is 18.1 Å². The Labute approximate surface area is 216 Å². The van der Waals surface area contributed by atoms with Crippen molar-refractivity contribution < 1.29 is 27.6 Å². The van der Waals surface area contributed by atoms with Crippen molar-refractivity contribution in [1.82, 2.24) is 20.7 Å². The molecule has 1 aliphatic rings. The second-order valence-corrected chi connectivity index (χ2v) is 8.47. The van der Waals surface area contributed by atoms with Crippen molar-refractivity contribution in [2.75, 3.05) is 36.0 Å². The van der Waals surface area contributed by atoms with E-state index in [1.165, 1.54) is 17.6 Å². The maximum atomic E-state index is 13.6. The van der Waals surface area contributed by atoms with Crippen LogP contribution in [0.15, 0.2) is 79.0 Å². The Morgan fingerprint density at radius 2 is 1.50 bits per heavy atom. The molecule has 1 aromatic heterocycles. The molecule has 1 saturated heterocycles. The number of hydrogen-bond acceptors (Lipinski definition) is 5. The number of rotatable bonds is 5. The van der Waals surface area contributed by atoms with Crippen LogP contribution in [0.3, 0.4) is 0 Å². The average molecular weight is 527 g/mol. The van der Waals surface area contributed by atoms with E-state index in [4.69, 9.17) is 0 Å². The Kier molecular flexibility index (Phi) is 8.09. The number of urea groups is 1. The number of amides is 4. The standard InChI is InChI=1S/C26H25F3N6O3/c27-26(28,29)24(37)32-31-23(36)20-11-9-19(10-12-20)18-35(21-6-2-1-3-7-21)25(38)34-16-14-33(15-17-34)22-8-4-5-13-30-22/h1-13H,14-18H2,(H,31,36)(H,32,37). The molecule has 12 heteroatoms. The van der Waals surface area contributed by atoms with Gasteiger partial charge in [-0.1, -0.05) is 36.4 Å². The van der Waals surface area contributed by atoms with Gasteiger partial charge in [-0.3, -0.25) is 25.3 Å². The number of aromatic nitrogens is 1. The van der Waals surface area contributed by atoms with E-state index in [0.29, 0.717) is 37.4 Å². The van der Waals surface area contributed by atoms with Gasteiger partial charge in [0, 0.05) is 43.6 Å². The molecular weight excluding hydrogens is 501 g/mol. The third-order valence-corrected chi connectivity index (χ3v) is 5.93. The zero-order valence-electron chi connectivity index (χ0n) is 20.2. The minimum Gasteiger partial charge on any atom is -0.353 e. The molecule has 0 atom stereocenters. The molecule has 1 fully saturated rings. The third-order valence-electron chi connectivity index (χ3n) is 5.93. The number of para-hydroxylation sites is 1. The van der Waals surface area contributed by atoms with Gasteiger partial charge in [-0.2, -0.15) is 13.2 Å². The summed E-state index contributed by atoms with van der Waals surface area (Å²) >= 11 is 0. The van der Waals surface area contributed by atoms with Gasteiger partial charge in [0.2, 0.25) is 0 Å². The van der Waals surface area contributed by atoms with Crippen molar-refractivity contribution in [2.45, 2.75) is 12.7 Å². The topological polar surface area (TPSA) is 97.9 Å². The summed E-state index contributed by atoms with van der Waals surface area (Å²) in [5, 5.41) is 0. The van der Waals surface area contributed by atoms with Gasteiger partial charge in [-0.15, -0.1) is 0 Å². The Bertz CT molecular complexity index is 1250. The van der Waals surface area contributed by atoms with Crippen molar-refractivity contribution in [3.05, 3.63) is 90.1 Å². The molecule has 4 rings (SSSR count). The lowest BCUT2D eigenvalue weighted by Crippen LogP contribution is -2.53. The van der Waals surface area contributed by atoms with Crippen LogP contribution >= 0.6 is 0 Å². The highest BCUT2D eigenvalue weighted by molar-refractivity contribution is 5.96. The van der Waals surface area contributed by atoms with Crippen LogP contribution in [-0.4, -0.2) is 60.1 Å².